The first kappa shape index (κ1) is 25.9. The first-order valence-corrected chi connectivity index (χ1v) is 13.0. The molecule has 0 fully saturated rings. The molecule has 1 amide bonds. The zero-order valence-electron chi connectivity index (χ0n) is 20.2. The molecule has 0 radical (unpaired) electrons. The topological polar surface area (TPSA) is 66.5 Å². The van der Waals surface area contributed by atoms with Crippen molar-refractivity contribution in [2.45, 2.75) is 52.1 Å². The third-order valence-corrected chi connectivity index (χ3v) is 8.16. The van der Waals surface area contributed by atoms with Crippen LogP contribution in [-0.4, -0.2) is 25.2 Å². The Morgan fingerprint density at radius 1 is 0.912 bits per heavy atom. The van der Waals surface area contributed by atoms with Crippen molar-refractivity contribution < 1.29 is 13.2 Å². The van der Waals surface area contributed by atoms with Gasteiger partial charge in [-0.25, -0.2) is 8.42 Å². The molecule has 0 aliphatic heterocycles. The van der Waals surface area contributed by atoms with Gasteiger partial charge in [-0.15, -0.1) is 0 Å². The van der Waals surface area contributed by atoms with Crippen LogP contribution in [0.25, 0.3) is 0 Å². The van der Waals surface area contributed by atoms with Gasteiger partial charge in [0.1, 0.15) is 0 Å². The maximum atomic E-state index is 13.5. The Morgan fingerprint density at radius 2 is 1.53 bits per heavy atom. The van der Waals surface area contributed by atoms with Crippen LogP contribution in [0.5, 0.6) is 0 Å². The summed E-state index contributed by atoms with van der Waals surface area (Å²) in [6.45, 7) is 9.73. The van der Waals surface area contributed by atoms with Crippen molar-refractivity contribution in [3.05, 3.63) is 99.1 Å². The molecule has 3 aromatic rings. The van der Waals surface area contributed by atoms with Gasteiger partial charge in [0.25, 0.3) is 0 Å². The molecule has 180 valence electrons. The Labute approximate surface area is 207 Å². The fraction of sp³-hybridized carbons (Fsp3) is 0.296. The van der Waals surface area contributed by atoms with Gasteiger partial charge < -0.3 is 5.32 Å². The zero-order valence-corrected chi connectivity index (χ0v) is 21.8. The Balaban J connectivity index is 1.87. The maximum absolute atomic E-state index is 13.5. The number of nitrogens with one attached hydrogen (secondary N) is 1. The number of rotatable bonds is 8. The lowest BCUT2D eigenvalue weighted by Gasteiger charge is -2.24. The van der Waals surface area contributed by atoms with Gasteiger partial charge in [-0.2, -0.15) is 4.31 Å². The molecule has 5 nitrogen and oxygen atoms in total. The normalized spacial score (nSPS) is 12.6. The summed E-state index contributed by atoms with van der Waals surface area (Å²) >= 11 is 5.95. The summed E-state index contributed by atoms with van der Waals surface area (Å²) in [5.74, 6) is -0.365. The van der Waals surface area contributed by atoms with Gasteiger partial charge in [0, 0.05) is 11.6 Å². The number of hydrogen-bond acceptors (Lipinski definition) is 3. The van der Waals surface area contributed by atoms with Crippen molar-refractivity contribution >= 4 is 27.5 Å². The third-order valence-electron chi connectivity index (χ3n) is 6.11. The second-order valence-electron chi connectivity index (χ2n) is 8.74. The molecule has 3 rings (SSSR count). The van der Waals surface area contributed by atoms with Crippen molar-refractivity contribution in [3.63, 3.8) is 0 Å². The van der Waals surface area contributed by atoms with Gasteiger partial charge in [-0.05, 0) is 92.3 Å². The van der Waals surface area contributed by atoms with Gasteiger partial charge in [-0.3, -0.25) is 4.79 Å². The molecule has 0 heterocycles. The van der Waals surface area contributed by atoms with Gasteiger partial charge in [0.15, 0.2) is 0 Å². The predicted molar refractivity (Wildman–Crippen MR) is 137 cm³/mol. The number of aryl methyl sites for hydroxylation is 4. The molecular weight excluding hydrogens is 468 g/mol. The molecule has 0 spiro atoms. The van der Waals surface area contributed by atoms with Gasteiger partial charge >= 0.3 is 0 Å². The number of carbonyl (C=O) groups is 1. The highest BCUT2D eigenvalue weighted by Gasteiger charge is 2.28. The third kappa shape index (κ3) is 6.06. The summed E-state index contributed by atoms with van der Waals surface area (Å²) < 4.78 is 28.2. The summed E-state index contributed by atoms with van der Waals surface area (Å²) in [5, 5.41) is 3.43. The average Bonchev–Trinajstić information content (AvgIpc) is 2.77. The molecular formula is C27H31ClN2O3S. The maximum Gasteiger partial charge on any atom is 0.243 e. The molecule has 7 heteroatoms. The average molecular weight is 499 g/mol. The van der Waals surface area contributed by atoms with Crippen LogP contribution >= 0.6 is 11.6 Å². The van der Waals surface area contributed by atoms with E-state index in [1.807, 2.05) is 52.0 Å². The van der Waals surface area contributed by atoms with E-state index >= 15 is 0 Å². The molecule has 3 aromatic carbocycles. The Bertz CT molecular complexity index is 1290. The molecule has 0 bridgehead atoms. The van der Waals surface area contributed by atoms with E-state index in [-0.39, 0.29) is 29.9 Å². The van der Waals surface area contributed by atoms with Gasteiger partial charge in [0.05, 0.1) is 17.5 Å². The smallest absolute Gasteiger partial charge is 0.243 e. The van der Waals surface area contributed by atoms with E-state index in [2.05, 4.69) is 24.4 Å². The van der Waals surface area contributed by atoms with Gasteiger partial charge in [-0.1, -0.05) is 48.0 Å². The van der Waals surface area contributed by atoms with Crippen molar-refractivity contribution in [1.29, 1.82) is 0 Å². The zero-order chi connectivity index (χ0) is 25.0. The van der Waals surface area contributed by atoms with Crippen LogP contribution in [0.2, 0.25) is 5.02 Å². The molecule has 0 saturated carbocycles. The quantitative estimate of drug-likeness (QED) is 0.437. The number of halogens is 1. The Kier molecular flexibility index (Phi) is 8.18. The largest absolute Gasteiger partial charge is 0.348 e. The van der Waals surface area contributed by atoms with E-state index in [9.17, 15) is 13.2 Å². The van der Waals surface area contributed by atoms with Crippen molar-refractivity contribution in [2.75, 3.05) is 6.54 Å². The molecule has 0 aromatic heterocycles. The lowest BCUT2D eigenvalue weighted by molar-refractivity contribution is -0.122. The second-order valence-corrected chi connectivity index (χ2v) is 11.1. The fourth-order valence-electron chi connectivity index (χ4n) is 3.93. The monoisotopic (exact) mass is 498 g/mol. The van der Waals surface area contributed by atoms with E-state index < -0.39 is 10.0 Å². The van der Waals surface area contributed by atoms with E-state index in [0.29, 0.717) is 5.02 Å². The number of nitrogens with zero attached hydrogens (tertiary/aromatic N) is 1. The van der Waals surface area contributed by atoms with Crippen LogP contribution in [0.4, 0.5) is 0 Å². The van der Waals surface area contributed by atoms with Crippen LogP contribution in [0.1, 0.15) is 46.3 Å². The Morgan fingerprint density at radius 3 is 2.18 bits per heavy atom. The van der Waals surface area contributed by atoms with Crippen LogP contribution in [0.3, 0.4) is 0 Å². The molecule has 0 aliphatic rings. The minimum atomic E-state index is -3.93. The van der Waals surface area contributed by atoms with Crippen molar-refractivity contribution in [1.82, 2.24) is 9.62 Å². The number of sulfonamides is 1. The molecule has 1 unspecified atom stereocenters. The molecule has 34 heavy (non-hydrogen) atoms. The lowest BCUT2D eigenvalue weighted by Crippen LogP contribution is -2.41. The number of carbonyl (C=O) groups excluding carboxylic acids is 1. The minimum Gasteiger partial charge on any atom is -0.348 e. The van der Waals surface area contributed by atoms with Crippen LogP contribution in [0.15, 0.2) is 65.6 Å². The summed E-state index contributed by atoms with van der Waals surface area (Å²) in [4.78, 5) is 13.2. The first-order valence-electron chi connectivity index (χ1n) is 11.2. The van der Waals surface area contributed by atoms with Crippen molar-refractivity contribution in [2.24, 2.45) is 0 Å². The predicted octanol–water partition coefficient (Wildman–Crippen LogP) is 5.64. The highest BCUT2D eigenvalue weighted by atomic mass is 35.5. The van der Waals surface area contributed by atoms with E-state index in [4.69, 9.17) is 11.6 Å². The molecule has 1 N–H and O–H groups in total. The van der Waals surface area contributed by atoms with Crippen molar-refractivity contribution in [3.8, 4) is 0 Å². The number of amides is 1. The van der Waals surface area contributed by atoms with E-state index in [1.165, 1.54) is 34.1 Å². The first-order chi connectivity index (χ1) is 16.0. The molecule has 0 aliphatic carbocycles. The van der Waals surface area contributed by atoms with Crippen LogP contribution in [0, 0.1) is 27.7 Å². The number of benzene rings is 3. The lowest BCUT2D eigenvalue weighted by atomic mass is 9.96. The summed E-state index contributed by atoms with van der Waals surface area (Å²) in [7, 11) is -3.93. The Hall–Kier alpha value is -2.67. The molecule has 1 atom stereocenters. The van der Waals surface area contributed by atoms with E-state index in [1.54, 1.807) is 0 Å². The van der Waals surface area contributed by atoms with Crippen LogP contribution in [-0.2, 0) is 21.4 Å². The summed E-state index contributed by atoms with van der Waals surface area (Å²) in [6, 6.07) is 17.5. The number of hydrogen-bond donors (Lipinski definition) is 1. The van der Waals surface area contributed by atoms with E-state index in [0.717, 1.165) is 27.8 Å². The minimum absolute atomic E-state index is 0.0854. The standard InChI is InChI=1S/C27H31ClN2O3S/c1-18-8-6-7-9-23(18)16-30(34(32,33)25-12-10-24(28)11-13-25)17-27(31)29-22(5)26-15-20(3)19(2)14-21(26)4/h6-15,22H,16-17H2,1-5H3,(H,29,31). The highest BCUT2D eigenvalue weighted by molar-refractivity contribution is 7.89. The summed E-state index contributed by atoms with van der Waals surface area (Å²) in [6.07, 6.45) is 0. The molecule has 0 saturated heterocycles. The fourth-order valence-corrected chi connectivity index (χ4v) is 5.43. The second kappa shape index (κ2) is 10.7. The summed E-state index contributed by atoms with van der Waals surface area (Å²) in [5.41, 5.74) is 6.24. The van der Waals surface area contributed by atoms with Gasteiger partial charge in [0.2, 0.25) is 15.9 Å². The highest BCUT2D eigenvalue weighted by Crippen LogP contribution is 2.24. The van der Waals surface area contributed by atoms with Crippen LogP contribution < -0.4 is 5.32 Å². The SMILES string of the molecule is Cc1cc(C)c(C(C)NC(=O)CN(Cc2ccccc2C)S(=O)(=O)c2ccc(Cl)cc2)cc1C.